The highest BCUT2D eigenvalue weighted by molar-refractivity contribution is 5.99. The molecule has 0 radical (unpaired) electrons. The van der Waals surface area contributed by atoms with Gasteiger partial charge in [0.25, 0.3) is 0 Å². The van der Waals surface area contributed by atoms with E-state index in [-0.39, 0.29) is 18.6 Å². The largest absolute Gasteiger partial charge is 0.396 e. The Morgan fingerprint density at radius 2 is 2.24 bits per heavy atom. The van der Waals surface area contributed by atoms with Crippen LogP contribution >= 0.6 is 0 Å². The molecule has 5 heteroatoms. The third kappa shape index (κ3) is 2.97. The van der Waals surface area contributed by atoms with Crippen LogP contribution in [-0.4, -0.2) is 40.7 Å². The first-order chi connectivity index (χ1) is 10.3. The molecular weight excluding hydrogens is 266 g/mol. The summed E-state index contributed by atoms with van der Waals surface area (Å²) in [5.41, 5.74) is 1.52. The quantitative estimate of drug-likeness (QED) is 0.891. The topological polar surface area (TPSA) is 65.5 Å². The van der Waals surface area contributed by atoms with Crippen LogP contribution in [0.25, 0.3) is 10.9 Å². The fraction of sp³-hybridized carbons (Fsp3) is 0.375. The van der Waals surface area contributed by atoms with Gasteiger partial charge in [0.05, 0.1) is 11.2 Å². The fourth-order valence-corrected chi connectivity index (χ4v) is 2.80. The Morgan fingerprint density at radius 1 is 1.38 bits per heavy atom. The Bertz CT molecular complexity index is 639. The molecule has 0 aliphatic carbocycles. The van der Waals surface area contributed by atoms with E-state index in [1.165, 1.54) is 0 Å². The number of pyridine rings is 1. The average Bonchev–Trinajstić information content (AvgIpc) is 2.55. The van der Waals surface area contributed by atoms with Gasteiger partial charge < -0.3 is 15.3 Å². The van der Waals surface area contributed by atoms with E-state index >= 15 is 0 Å². The minimum absolute atomic E-state index is 0.119. The molecule has 21 heavy (non-hydrogen) atoms. The van der Waals surface area contributed by atoms with Crippen molar-refractivity contribution in [2.45, 2.75) is 12.8 Å². The second-order valence-electron chi connectivity index (χ2n) is 5.45. The van der Waals surface area contributed by atoms with Gasteiger partial charge in [-0.05, 0) is 30.9 Å². The Kier molecular flexibility index (Phi) is 4.01. The van der Waals surface area contributed by atoms with Crippen LogP contribution in [0, 0.1) is 5.92 Å². The fourth-order valence-electron chi connectivity index (χ4n) is 2.80. The number of benzene rings is 1. The molecule has 1 aromatic carbocycles. The van der Waals surface area contributed by atoms with Gasteiger partial charge in [-0.1, -0.05) is 18.2 Å². The lowest BCUT2D eigenvalue weighted by molar-refractivity contribution is 0.136. The number of hydrogen-bond donors (Lipinski definition) is 2. The second kappa shape index (κ2) is 6.10. The third-order valence-electron chi connectivity index (χ3n) is 3.94. The van der Waals surface area contributed by atoms with E-state index in [9.17, 15) is 9.90 Å². The van der Waals surface area contributed by atoms with Gasteiger partial charge in [0, 0.05) is 31.3 Å². The maximum absolute atomic E-state index is 12.4. The summed E-state index contributed by atoms with van der Waals surface area (Å²) in [6.45, 7) is 1.49. The predicted octanol–water partition coefficient (Wildman–Crippen LogP) is 2.47. The number of aliphatic hydroxyl groups excluding tert-OH is 1. The number of anilines is 1. The van der Waals surface area contributed by atoms with Gasteiger partial charge in [-0.3, -0.25) is 4.98 Å². The monoisotopic (exact) mass is 285 g/mol. The number of carbonyl (C=O) groups is 1. The smallest absolute Gasteiger partial charge is 0.321 e. The summed E-state index contributed by atoms with van der Waals surface area (Å²) in [6.07, 6.45) is 3.64. The Hall–Kier alpha value is -2.14. The van der Waals surface area contributed by atoms with Crippen LogP contribution in [0.2, 0.25) is 0 Å². The molecule has 0 saturated carbocycles. The third-order valence-corrected chi connectivity index (χ3v) is 3.94. The molecule has 1 aliphatic heterocycles. The summed E-state index contributed by atoms with van der Waals surface area (Å²) < 4.78 is 0. The van der Waals surface area contributed by atoms with Crippen molar-refractivity contribution in [3.63, 3.8) is 0 Å². The standard InChI is InChI=1S/C16H19N3O2/c20-11-12-4-3-9-19(10-12)16(21)18-14-7-1-5-13-6-2-8-17-15(13)14/h1-2,5-8,12,20H,3-4,9-11H2,(H,18,21)/t12-/m1/s1. The number of amides is 2. The molecule has 2 heterocycles. The molecule has 3 rings (SSSR count). The van der Waals surface area contributed by atoms with Gasteiger partial charge in [0.2, 0.25) is 0 Å². The Morgan fingerprint density at radius 3 is 3.10 bits per heavy atom. The first kappa shape index (κ1) is 13.8. The summed E-state index contributed by atoms with van der Waals surface area (Å²) in [6, 6.07) is 9.48. The van der Waals surface area contributed by atoms with Gasteiger partial charge in [0.15, 0.2) is 0 Å². The minimum Gasteiger partial charge on any atom is -0.396 e. The SMILES string of the molecule is O=C(Nc1cccc2cccnc12)N1CCC[C@@H](CO)C1. The molecule has 0 unspecified atom stereocenters. The number of nitrogens with zero attached hydrogens (tertiary/aromatic N) is 2. The number of aromatic nitrogens is 1. The molecule has 1 fully saturated rings. The van der Waals surface area contributed by atoms with E-state index in [4.69, 9.17) is 0 Å². The van der Waals surface area contributed by atoms with E-state index in [2.05, 4.69) is 10.3 Å². The van der Waals surface area contributed by atoms with Gasteiger partial charge in [-0.25, -0.2) is 4.79 Å². The number of likely N-dealkylation sites (tertiary alicyclic amines) is 1. The van der Waals surface area contributed by atoms with Crippen LogP contribution in [0.5, 0.6) is 0 Å². The number of piperidine rings is 1. The summed E-state index contributed by atoms with van der Waals surface area (Å²) in [5, 5.41) is 13.2. The lowest BCUT2D eigenvalue weighted by Crippen LogP contribution is -2.43. The van der Waals surface area contributed by atoms with E-state index in [1.807, 2.05) is 30.3 Å². The molecule has 1 saturated heterocycles. The second-order valence-corrected chi connectivity index (χ2v) is 5.45. The lowest BCUT2D eigenvalue weighted by Gasteiger charge is -2.31. The molecule has 2 aromatic rings. The number of nitrogens with one attached hydrogen (secondary N) is 1. The first-order valence-electron chi connectivity index (χ1n) is 7.28. The van der Waals surface area contributed by atoms with Crippen molar-refractivity contribution in [2.75, 3.05) is 25.0 Å². The molecule has 2 amide bonds. The lowest BCUT2D eigenvalue weighted by atomic mass is 9.99. The molecule has 5 nitrogen and oxygen atoms in total. The van der Waals surface area contributed by atoms with Crippen molar-refractivity contribution in [3.05, 3.63) is 36.5 Å². The van der Waals surface area contributed by atoms with E-state index in [0.717, 1.165) is 36.0 Å². The summed E-state index contributed by atoms with van der Waals surface area (Å²) in [5.74, 6) is 0.190. The zero-order chi connectivity index (χ0) is 14.7. The van der Waals surface area contributed by atoms with Crippen LogP contribution in [0.15, 0.2) is 36.5 Å². The zero-order valence-electron chi connectivity index (χ0n) is 11.8. The highest BCUT2D eigenvalue weighted by Crippen LogP contribution is 2.22. The van der Waals surface area contributed by atoms with Crippen molar-refractivity contribution in [3.8, 4) is 0 Å². The number of para-hydroxylation sites is 1. The number of fused-ring (bicyclic) bond motifs is 1. The average molecular weight is 285 g/mol. The zero-order valence-corrected chi connectivity index (χ0v) is 11.8. The first-order valence-corrected chi connectivity index (χ1v) is 7.28. The van der Waals surface area contributed by atoms with E-state index < -0.39 is 0 Å². The Labute approximate surface area is 123 Å². The molecular formula is C16H19N3O2. The van der Waals surface area contributed by atoms with Crippen molar-refractivity contribution in [1.82, 2.24) is 9.88 Å². The summed E-state index contributed by atoms with van der Waals surface area (Å²) in [4.78, 5) is 18.5. The number of aliphatic hydroxyl groups is 1. The van der Waals surface area contributed by atoms with Crippen molar-refractivity contribution in [2.24, 2.45) is 5.92 Å². The molecule has 1 aromatic heterocycles. The molecule has 1 atom stereocenters. The molecule has 110 valence electrons. The predicted molar refractivity (Wildman–Crippen MR) is 82.1 cm³/mol. The van der Waals surface area contributed by atoms with E-state index in [0.29, 0.717) is 6.54 Å². The van der Waals surface area contributed by atoms with Gasteiger partial charge in [-0.2, -0.15) is 0 Å². The van der Waals surface area contributed by atoms with Gasteiger partial charge in [-0.15, -0.1) is 0 Å². The molecule has 0 bridgehead atoms. The highest BCUT2D eigenvalue weighted by Gasteiger charge is 2.23. The van der Waals surface area contributed by atoms with Gasteiger partial charge >= 0.3 is 6.03 Å². The molecule has 1 aliphatic rings. The number of carbonyl (C=O) groups excluding carboxylic acids is 1. The number of urea groups is 1. The van der Waals surface area contributed by atoms with Crippen molar-refractivity contribution < 1.29 is 9.90 Å². The van der Waals surface area contributed by atoms with Crippen LogP contribution in [0.3, 0.4) is 0 Å². The van der Waals surface area contributed by atoms with Crippen molar-refractivity contribution in [1.29, 1.82) is 0 Å². The maximum atomic E-state index is 12.4. The van der Waals surface area contributed by atoms with Crippen LogP contribution in [-0.2, 0) is 0 Å². The minimum atomic E-state index is -0.119. The van der Waals surface area contributed by atoms with Crippen LogP contribution < -0.4 is 5.32 Å². The normalized spacial score (nSPS) is 18.7. The van der Waals surface area contributed by atoms with Crippen LogP contribution in [0.4, 0.5) is 10.5 Å². The summed E-state index contributed by atoms with van der Waals surface area (Å²) in [7, 11) is 0. The number of rotatable bonds is 2. The van der Waals surface area contributed by atoms with Crippen molar-refractivity contribution >= 4 is 22.6 Å². The summed E-state index contributed by atoms with van der Waals surface area (Å²) >= 11 is 0. The maximum Gasteiger partial charge on any atom is 0.321 e. The highest BCUT2D eigenvalue weighted by atomic mass is 16.3. The molecule has 2 N–H and O–H groups in total. The Balaban J connectivity index is 1.77. The molecule has 0 spiro atoms. The van der Waals surface area contributed by atoms with Crippen LogP contribution in [0.1, 0.15) is 12.8 Å². The van der Waals surface area contributed by atoms with E-state index in [1.54, 1.807) is 11.1 Å². The van der Waals surface area contributed by atoms with Gasteiger partial charge in [0.1, 0.15) is 0 Å². The number of hydrogen-bond acceptors (Lipinski definition) is 3.